The normalized spacial score (nSPS) is 22.4. The van der Waals surface area contributed by atoms with Crippen molar-refractivity contribution < 1.29 is 4.74 Å². The van der Waals surface area contributed by atoms with Gasteiger partial charge in [-0.2, -0.15) is 0 Å². The number of nitrogen functional groups attached to an aromatic ring is 1. The highest BCUT2D eigenvalue weighted by atomic mass is 16.5. The van der Waals surface area contributed by atoms with Crippen molar-refractivity contribution in [3.63, 3.8) is 0 Å². The van der Waals surface area contributed by atoms with Crippen molar-refractivity contribution in [1.82, 2.24) is 0 Å². The van der Waals surface area contributed by atoms with Crippen LogP contribution in [0, 0.1) is 5.41 Å². The van der Waals surface area contributed by atoms with Crippen molar-refractivity contribution in [2.24, 2.45) is 5.41 Å². The third kappa shape index (κ3) is 2.84. The first-order chi connectivity index (χ1) is 8.00. The number of methoxy groups -OCH3 is 1. The van der Waals surface area contributed by atoms with E-state index in [2.05, 4.69) is 19.2 Å². The van der Waals surface area contributed by atoms with Crippen molar-refractivity contribution in [3.05, 3.63) is 18.2 Å². The van der Waals surface area contributed by atoms with Gasteiger partial charge < -0.3 is 15.8 Å². The first kappa shape index (κ1) is 12.1. The summed E-state index contributed by atoms with van der Waals surface area (Å²) in [5.74, 6) is 0.743. The number of hydrogen-bond acceptors (Lipinski definition) is 3. The Labute approximate surface area is 103 Å². The van der Waals surface area contributed by atoms with Gasteiger partial charge in [0.05, 0.1) is 12.8 Å². The van der Waals surface area contributed by atoms with Crippen LogP contribution in [0.5, 0.6) is 5.75 Å². The lowest BCUT2D eigenvalue weighted by Crippen LogP contribution is -2.17. The largest absolute Gasteiger partial charge is 0.495 e. The summed E-state index contributed by atoms with van der Waals surface area (Å²) in [6.45, 7) is 4.66. The molecule has 3 heteroatoms. The molecule has 1 aromatic carbocycles. The van der Waals surface area contributed by atoms with Gasteiger partial charge in [0, 0.05) is 17.8 Å². The smallest absolute Gasteiger partial charge is 0.143 e. The monoisotopic (exact) mass is 234 g/mol. The maximum atomic E-state index is 5.80. The predicted octanol–water partition coefficient (Wildman–Crippen LogP) is 3.27. The maximum Gasteiger partial charge on any atom is 0.143 e. The molecule has 1 unspecified atom stereocenters. The molecule has 0 aliphatic heterocycles. The molecular weight excluding hydrogens is 212 g/mol. The van der Waals surface area contributed by atoms with Gasteiger partial charge in [0.15, 0.2) is 0 Å². The molecular formula is C14H22N2O. The molecule has 0 amide bonds. The second kappa shape index (κ2) is 4.47. The van der Waals surface area contributed by atoms with Crippen LogP contribution >= 0.6 is 0 Å². The van der Waals surface area contributed by atoms with Crippen molar-refractivity contribution in [2.45, 2.75) is 39.2 Å². The van der Waals surface area contributed by atoms with E-state index in [0.717, 1.165) is 11.4 Å². The van der Waals surface area contributed by atoms with Gasteiger partial charge in [-0.05, 0) is 36.8 Å². The van der Waals surface area contributed by atoms with Gasteiger partial charge >= 0.3 is 0 Å². The highest BCUT2D eigenvalue weighted by Crippen LogP contribution is 2.38. The second-order valence-electron chi connectivity index (χ2n) is 5.71. The fourth-order valence-electron chi connectivity index (χ4n) is 2.60. The van der Waals surface area contributed by atoms with Crippen LogP contribution in [-0.4, -0.2) is 13.2 Å². The molecule has 0 radical (unpaired) electrons. The molecule has 3 nitrogen and oxygen atoms in total. The summed E-state index contributed by atoms with van der Waals surface area (Å²) in [6, 6.07) is 6.45. The first-order valence-electron chi connectivity index (χ1n) is 6.20. The maximum absolute atomic E-state index is 5.80. The van der Waals surface area contributed by atoms with Crippen LogP contribution in [-0.2, 0) is 0 Å². The summed E-state index contributed by atoms with van der Waals surface area (Å²) in [6.07, 6.45) is 3.75. The number of benzene rings is 1. The Balaban J connectivity index is 2.04. The van der Waals surface area contributed by atoms with Gasteiger partial charge in [-0.3, -0.25) is 0 Å². The molecule has 1 aromatic rings. The highest BCUT2D eigenvalue weighted by molar-refractivity contribution is 5.61. The number of nitrogens with two attached hydrogens (primary N) is 1. The Morgan fingerprint density at radius 3 is 2.76 bits per heavy atom. The molecule has 0 bridgehead atoms. The average molecular weight is 234 g/mol. The molecule has 3 N–H and O–H groups in total. The van der Waals surface area contributed by atoms with Crippen LogP contribution < -0.4 is 15.8 Å². The van der Waals surface area contributed by atoms with E-state index in [9.17, 15) is 0 Å². The number of nitrogens with one attached hydrogen (secondary N) is 1. The van der Waals surface area contributed by atoms with Gasteiger partial charge in [-0.25, -0.2) is 0 Å². The molecule has 1 atom stereocenters. The van der Waals surface area contributed by atoms with E-state index in [1.54, 1.807) is 7.11 Å². The van der Waals surface area contributed by atoms with Crippen molar-refractivity contribution in [2.75, 3.05) is 18.2 Å². The highest BCUT2D eigenvalue weighted by Gasteiger charge is 2.30. The average Bonchev–Trinajstić information content (AvgIpc) is 2.61. The van der Waals surface area contributed by atoms with Crippen molar-refractivity contribution in [3.8, 4) is 5.75 Å². The summed E-state index contributed by atoms with van der Waals surface area (Å²) < 4.78 is 5.23. The van der Waals surface area contributed by atoms with Crippen LogP contribution in [0.1, 0.15) is 33.1 Å². The van der Waals surface area contributed by atoms with Crippen LogP contribution in [0.3, 0.4) is 0 Å². The molecule has 1 fully saturated rings. The number of hydrogen-bond donors (Lipinski definition) is 2. The van der Waals surface area contributed by atoms with Crippen LogP contribution in [0.15, 0.2) is 18.2 Å². The molecule has 1 saturated carbocycles. The lowest BCUT2D eigenvalue weighted by atomic mass is 9.92. The van der Waals surface area contributed by atoms with Crippen molar-refractivity contribution in [1.29, 1.82) is 0 Å². The molecule has 2 rings (SSSR count). The third-order valence-electron chi connectivity index (χ3n) is 3.57. The number of anilines is 2. The van der Waals surface area contributed by atoms with E-state index in [1.165, 1.54) is 19.3 Å². The predicted molar refractivity (Wildman–Crippen MR) is 72.4 cm³/mol. The first-order valence-corrected chi connectivity index (χ1v) is 6.20. The second-order valence-corrected chi connectivity index (χ2v) is 5.71. The minimum absolute atomic E-state index is 0.468. The molecule has 0 heterocycles. The molecule has 0 spiro atoms. The molecule has 1 aliphatic rings. The van der Waals surface area contributed by atoms with Crippen LogP contribution in [0.25, 0.3) is 0 Å². The van der Waals surface area contributed by atoms with Gasteiger partial charge in [-0.15, -0.1) is 0 Å². The van der Waals surface area contributed by atoms with E-state index in [1.807, 2.05) is 18.2 Å². The summed E-state index contributed by atoms with van der Waals surface area (Å²) in [5.41, 5.74) is 8.05. The van der Waals surface area contributed by atoms with Gasteiger partial charge in [0.2, 0.25) is 0 Å². The molecule has 0 aromatic heterocycles. The van der Waals surface area contributed by atoms with E-state index < -0.39 is 0 Å². The lowest BCUT2D eigenvalue weighted by Gasteiger charge is -2.19. The minimum atomic E-state index is 0.468. The summed E-state index contributed by atoms with van der Waals surface area (Å²) in [5, 5.41) is 3.56. The van der Waals surface area contributed by atoms with E-state index in [4.69, 9.17) is 10.5 Å². The Hall–Kier alpha value is -1.38. The third-order valence-corrected chi connectivity index (χ3v) is 3.57. The van der Waals surface area contributed by atoms with Crippen LogP contribution in [0.4, 0.5) is 11.4 Å². The zero-order chi connectivity index (χ0) is 12.5. The standard InChI is InChI=1S/C14H22N2O/c1-14(2)7-6-11(9-14)16-10-4-5-12(15)13(8-10)17-3/h4-5,8,11,16H,6-7,9,15H2,1-3H3. The zero-order valence-electron chi connectivity index (χ0n) is 10.9. The molecule has 1 aliphatic carbocycles. The van der Waals surface area contributed by atoms with E-state index in [-0.39, 0.29) is 0 Å². The summed E-state index contributed by atoms with van der Waals surface area (Å²) >= 11 is 0. The molecule has 94 valence electrons. The van der Waals surface area contributed by atoms with Crippen LogP contribution in [0.2, 0.25) is 0 Å². The quantitative estimate of drug-likeness (QED) is 0.789. The Morgan fingerprint density at radius 1 is 1.41 bits per heavy atom. The lowest BCUT2D eigenvalue weighted by molar-refractivity contribution is 0.378. The van der Waals surface area contributed by atoms with Crippen molar-refractivity contribution >= 4 is 11.4 Å². The number of rotatable bonds is 3. The molecule has 0 saturated heterocycles. The topological polar surface area (TPSA) is 47.3 Å². The summed E-state index contributed by atoms with van der Waals surface area (Å²) in [7, 11) is 1.65. The zero-order valence-corrected chi connectivity index (χ0v) is 10.9. The van der Waals surface area contributed by atoms with Gasteiger partial charge in [-0.1, -0.05) is 13.8 Å². The van der Waals surface area contributed by atoms with E-state index >= 15 is 0 Å². The number of ether oxygens (including phenoxy) is 1. The SMILES string of the molecule is COc1cc(NC2CCC(C)(C)C2)ccc1N. The minimum Gasteiger partial charge on any atom is -0.495 e. The van der Waals surface area contributed by atoms with E-state index in [0.29, 0.717) is 17.1 Å². The Morgan fingerprint density at radius 2 is 2.18 bits per heavy atom. The summed E-state index contributed by atoms with van der Waals surface area (Å²) in [4.78, 5) is 0. The Bertz CT molecular complexity index is 401. The molecule has 17 heavy (non-hydrogen) atoms. The fraction of sp³-hybridized carbons (Fsp3) is 0.571. The van der Waals surface area contributed by atoms with Gasteiger partial charge in [0.25, 0.3) is 0 Å². The fourth-order valence-corrected chi connectivity index (χ4v) is 2.60. The Kier molecular flexibility index (Phi) is 3.18. The van der Waals surface area contributed by atoms with Gasteiger partial charge in [0.1, 0.15) is 5.75 Å².